The molecule has 3 aromatic carbocycles. The number of aryl methyl sites for hydroxylation is 1. The van der Waals surface area contributed by atoms with Crippen LogP contribution in [-0.2, 0) is 11.8 Å². The second kappa shape index (κ2) is 7.93. The van der Waals surface area contributed by atoms with E-state index in [4.69, 9.17) is 9.40 Å². The van der Waals surface area contributed by atoms with Crippen LogP contribution in [0.5, 0.6) is 0 Å². The second-order valence-corrected chi connectivity index (χ2v) is 12.2. The zero-order chi connectivity index (χ0) is 24.5. The first-order valence-electron chi connectivity index (χ1n) is 12.5. The molecule has 176 valence electrons. The van der Waals surface area contributed by atoms with E-state index >= 15 is 0 Å². The molecular formula is C32H31NOS. The van der Waals surface area contributed by atoms with Gasteiger partial charge in [-0.3, -0.25) is 4.98 Å². The average molecular weight is 478 g/mol. The van der Waals surface area contributed by atoms with Gasteiger partial charge in [0.05, 0.1) is 15.1 Å². The maximum absolute atomic E-state index is 6.51. The minimum atomic E-state index is 0.0361. The predicted molar refractivity (Wildman–Crippen MR) is 152 cm³/mol. The number of benzene rings is 3. The number of aromatic nitrogens is 1. The normalized spacial score (nSPS) is 12.7. The molecule has 0 aliphatic rings. The van der Waals surface area contributed by atoms with Crippen LogP contribution >= 0.6 is 11.3 Å². The molecule has 2 nitrogen and oxygen atoms in total. The van der Waals surface area contributed by atoms with Gasteiger partial charge in [-0.05, 0) is 58.4 Å². The SMILES string of the molecule is Cc1c(CC(C)C)oc2c1ccc1c3ccnc(-c4cc(C(C)(C)C)c5ccccc5c4)c3sc12. The Hall–Kier alpha value is -3.17. The van der Waals surface area contributed by atoms with E-state index < -0.39 is 0 Å². The second-order valence-electron chi connectivity index (χ2n) is 11.2. The zero-order valence-electron chi connectivity index (χ0n) is 21.3. The highest BCUT2D eigenvalue weighted by Crippen LogP contribution is 2.44. The Morgan fingerprint density at radius 3 is 2.40 bits per heavy atom. The Kier molecular flexibility index (Phi) is 5.05. The molecule has 0 radical (unpaired) electrons. The predicted octanol–water partition coefficient (Wildman–Crippen LogP) is 9.82. The third-order valence-electron chi connectivity index (χ3n) is 7.10. The molecule has 0 atom stereocenters. The summed E-state index contributed by atoms with van der Waals surface area (Å²) in [5.41, 5.74) is 5.92. The average Bonchev–Trinajstić information content (AvgIpc) is 3.35. The van der Waals surface area contributed by atoms with E-state index in [1.165, 1.54) is 53.0 Å². The van der Waals surface area contributed by atoms with Crippen LogP contribution in [0.15, 0.2) is 65.2 Å². The summed E-state index contributed by atoms with van der Waals surface area (Å²) in [5.74, 6) is 1.68. The standard InChI is InChI=1S/C32H31NOS/c1-18(2)15-27-19(3)22-11-12-24-25-13-14-33-28(30(25)35-31(24)29(22)34-27)21-16-20-9-7-8-10-23(20)26(17-21)32(4,5)6/h7-14,16-18H,15H2,1-6H3. The molecule has 0 unspecified atom stereocenters. The Balaban J connectivity index is 1.64. The first-order valence-corrected chi connectivity index (χ1v) is 13.3. The molecule has 6 aromatic rings. The third-order valence-corrected chi connectivity index (χ3v) is 8.32. The van der Waals surface area contributed by atoms with E-state index in [-0.39, 0.29) is 5.41 Å². The summed E-state index contributed by atoms with van der Waals surface area (Å²) in [5, 5.41) is 6.31. The summed E-state index contributed by atoms with van der Waals surface area (Å²) >= 11 is 1.82. The topological polar surface area (TPSA) is 26.0 Å². The number of rotatable bonds is 3. The van der Waals surface area contributed by atoms with E-state index in [1.807, 2.05) is 17.5 Å². The number of pyridine rings is 1. The fourth-order valence-electron chi connectivity index (χ4n) is 5.33. The van der Waals surface area contributed by atoms with Crippen molar-refractivity contribution in [2.75, 3.05) is 0 Å². The molecule has 0 N–H and O–H groups in total. The van der Waals surface area contributed by atoms with Gasteiger partial charge in [-0.25, -0.2) is 0 Å². The van der Waals surface area contributed by atoms with Crippen LogP contribution in [0.3, 0.4) is 0 Å². The van der Waals surface area contributed by atoms with Crippen LogP contribution in [0, 0.1) is 12.8 Å². The van der Waals surface area contributed by atoms with E-state index in [1.54, 1.807) is 0 Å². The van der Waals surface area contributed by atoms with Crippen LogP contribution in [0.4, 0.5) is 0 Å². The Bertz CT molecular complexity index is 1740. The number of thiophene rings is 1. The van der Waals surface area contributed by atoms with Crippen molar-refractivity contribution in [3.05, 3.63) is 77.7 Å². The Morgan fingerprint density at radius 1 is 0.886 bits per heavy atom. The lowest BCUT2D eigenvalue weighted by Crippen LogP contribution is -2.12. The van der Waals surface area contributed by atoms with Gasteiger partial charge in [-0.15, -0.1) is 11.3 Å². The number of hydrogen-bond acceptors (Lipinski definition) is 3. The molecule has 0 saturated heterocycles. The number of furan rings is 1. The minimum absolute atomic E-state index is 0.0361. The molecule has 0 fully saturated rings. The van der Waals surface area contributed by atoms with Gasteiger partial charge < -0.3 is 4.42 Å². The van der Waals surface area contributed by atoms with Gasteiger partial charge >= 0.3 is 0 Å². The highest BCUT2D eigenvalue weighted by atomic mass is 32.1. The number of nitrogens with zero attached hydrogens (tertiary/aromatic N) is 1. The van der Waals surface area contributed by atoms with Gasteiger partial charge in [0.15, 0.2) is 5.58 Å². The van der Waals surface area contributed by atoms with Crippen molar-refractivity contribution in [1.82, 2.24) is 4.98 Å². The summed E-state index contributed by atoms with van der Waals surface area (Å²) in [6, 6.07) is 20.0. The largest absolute Gasteiger partial charge is 0.459 e. The van der Waals surface area contributed by atoms with E-state index in [2.05, 4.69) is 96.1 Å². The molecule has 3 heterocycles. The van der Waals surface area contributed by atoms with Gasteiger partial charge in [-0.2, -0.15) is 0 Å². The lowest BCUT2D eigenvalue weighted by atomic mass is 9.82. The Labute approximate surface area is 210 Å². The van der Waals surface area contributed by atoms with Crippen LogP contribution < -0.4 is 0 Å². The fourth-order valence-corrected chi connectivity index (χ4v) is 6.62. The van der Waals surface area contributed by atoms with Gasteiger partial charge in [0.1, 0.15) is 5.76 Å². The molecule has 0 amide bonds. The monoisotopic (exact) mass is 477 g/mol. The molecule has 35 heavy (non-hydrogen) atoms. The van der Waals surface area contributed by atoms with E-state index in [0.717, 1.165) is 23.5 Å². The van der Waals surface area contributed by atoms with E-state index in [0.29, 0.717) is 5.92 Å². The Morgan fingerprint density at radius 2 is 1.63 bits per heavy atom. The summed E-state index contributed by atoms with van der Waals surface area (Å²) in [7, 11) is 0. The number of fused-ring (bicyclic) bond motifs is 6. The van der Waals surface area contributed by atoms with Crippen molar-refractivity contribution in [3.63, 3.8) is 0 Å². The highest BCUT2D eigenvalue weighted by Gasteiger charge is 2.21. The number of hydrogen-bond donors (Lipinski definition) is 0. The third kappa shape index (κ3) is 3.56. The van der Waals surface area contributed by atoms with Crippen LogP contribution in [-0.4, -0.2) is 4.98 Å². The van der Waals surface area contributed by atoms with Crippen molar-refractivity contribution in [3.8, 4) is 11.3 Å². The summed E-state index contributed by atoms with van der Waals surface area (Å²) < 4.78 is 8.96. The first-order chi connectivity index (χ1) is 16.7. The molecule has 0 aliphatic carbocycles. The van der Waals surface area contributed by atoms with Crippen LogP contribution in [0.2, 0.25) is 0 Å². The van der Waals surface area contributed by atoms with Gasteiger partial charge in [-0.1, -0.05) is 71.0 Å². The summed E-state index contributed by atoms with van der Waals surface area (Å²) in [6.45, 7) is 13.5. The highest BCUT2D eigenvalue weighted by molar-refractivity contribution is 7.27. The molecule has 3 heteroatoms. The zero-order valence-corrected chi connectivity index (χ0v) is 22.1. The summed E-state index contributed by atoms with van der Waals surface area (Å²) in [4.78, 5) is 4.92. The molecule has 6 rings (SSSR count). The quantitative estimate of drug-likeness (QED) is 0.253. The molecule has 3 aromatic heterocycles. The van der Waals surface area contributed by atoms with Crippen molar-refractivity contribution < 1.29 is 4.42 Å². The smallest absolute Gasteiger partial charge is 0.152 e. The first kappa shape index (κ1) is 22.3. The van der Waals surface area contributed by atoms with Gasteiger partial charge in [0.25, 0.3) is 0 Å². The van der Waals surface area contributed by atoms with Gasteiger partial charge in [0, 0.05) is 34.3 Å². The molecule has 0 saturated carbocycles. The van der Waals surface area contributed by atoms with Crippen LogP contribution in [0.1, 0.15) is 51.5 Å². The molecule has 0 bridgehead atoms. The van der Waals surface area contributed by atoms with Crippen molar-refractivity contribution in [1.29, 1.82) is 0 Å². The maximum Gasteiger partial charge on any atom is 0.152 e. The maximum atomic E-state index is 6.51. The van der Waals surface area contributed by atoms with Crippen LogP contribution in [0.25, 0.3) is 53.2 Å². The van der Waals surface area contributed by atoms with Crippen molar-refractivity contribution >= 4 is 53.3 Å². The van der Waals surface area contributed by atoms with Crippen molar-refractivity contribution in [2.45, 2.75) is 53.4 Å². The molecule has 0 spiro atoms. The van der Waals surface area contributed by atoms with E-state index in [9.17, 15) is 0 Å². The lowest BCUT2D eigenvalue weighted by Gasteiger charge is -2.22. The molecule has 0 aliphatic heterocycles. The van der Waals surface area contributed by atoms with Gasteiger partial charge in [0.2, 0.25) is 0 Å². The fraction of sp³-hybridized carbons (Fsp3) is 0.281. The summed E-state index contributed by atoms with van der Waals surface area (Å²) in [6.07, 6.45) is 2.92. The van der Waals surface area contributed by atoms with Crippen molar-refractivity contribution in [2.24, 2.45) is 5.92 Å². The minimum Gasteiger partial charge on any atom is -0.459 e. The molecular weight excluding hydrogens is 446 g/mol. The lowest BCUT2D eigenvalue weighted by molar-refractivity contribution is 0.498.